The van der Waals surface area contributed by atoms with Crippen LogP contribution in [0.15, 0.2) is 18.2 Å². The molecule has 21 heavy (non-hydrogen) atoms. The van der Waals surface area contributed by atoms with Gasteiger partial charge in [0.15, 0.2) is 17.5 Å². The first-order valence-corrected chi connectivity index (χ1v) is 7.28. The van der Waals surface area contributed by atoms with Crippen LogP contribution in [0.1, 0.15) is 31.0 Å². The number of nitrogens with zero attached hydrogens (tertiary/aromatic N) is 2. The topological polar surface area (TPSA) is 37.8 Å². The van der Waals surface area contributed by atoms with Crippen molar-refractivity contribution in [2.24, 2.45) is 0 Å². The Bertz CT molecular complexity index is 671. The van der Waals surface area contributed by atoms with E-state index in [0.717, 1.165) is 61.4 Å². The highest BCUT2D eigenvalue weighted by Gasteiger charge is 2.18. The number of rotatable bonds is 3. The summed E-state index contributed by atoms with van der Waals surface area (Å²) in [7, 11) is 0. The molecule has 0 saturated carbocycles. The molecule has 3 rings (SSSR count). The van der Waals surface area contributed by atoms with Gasteiger partial charge >= 0.3 is 0 Å². The van der Waals surface area contributed by atoms with Gasteiger partial charge in [-0.25, -0.2) is 18.7 Å². The van der Waals surface area contributed by atoms with Crippen molar-refractivity contribution in [3.05, 3.63) is 41.1 Å². The van der Waals surface area contributed by atoms with Crippen molar-refractivity contribution in [1.29, 1.82) is 0 Å². The van der Waals surface area contributed by atoms with Crippen molar-refractivity contribution in [3.63, 3.8) is 0 Å². The Balaban J connectivity index is 2.09. The van der Waals surface area contributed by atoms with Gasteiger partial charge < -0.3 is 5.32 Å². The number of halogens is 2. The summed E-state index contributed by atoms with van der Waals surface area (Å²) in [5.41, 5.74) is 2.68. The number of aryl methyl sites for hydroxylation is 1. The lowest BCUT2D eigenvalue weighted by Gasteiger charge is -2.19. The molecule has 0 spiro atoms. The Kier molecular flexibility index (Phi) is 3.82. The molecule has 0 radical (unpaired) electrons. The van der Waals surface area contributed by atoms with Crippen LogP contribution in [-0.2, 0) is 12.8 Å². The molecule has 0 bridgehead atoms. The van der Waals surface area contributed by atoms with Crippen molar-refractivity contribution in [2.45, 2.75) is 32.6 Å². The van der Waals surface area contributed by atoms with Gasteiger partial charge in [-0.2, -0.15) is 0 Å². The second-order valence-corrected chi connectivity index (χ2v) is 5.19. The summed E-state index contributed by atoms with van der Waals surface area (Å²) < 4.78 is 26.5. The largest absolute Gasteiger partial charge is 0.370 e. The lowest BCUT2D eigenvalue weighted by atomic mass is 9.96. The summed E-state index contributed by atoms with van der Waals surface area (Å²) in [5.74, 6) is -0.463. The first-order valence-electron chi connectivity index (χ1n) is 7.28. The molecule has 0 amide bonds. The molecule has 0 unspecified atom stereocenters. The molecule has 1 heterocycles. The smallest absolute Gasteiger partial charge is 0.161 e. The first-order chi connectivity index (χ1) is 10.2. The zero-order chi connectivity index (χ0) is 14.8. The minimum atomic E-state index is -0.876. The number of fused-ring (bicyclic) bond motifs is 1. The van der Waals surface area contributed by atoms with Crippen LogP contribution >= 0.6 is 0 Å². The quantitative estimate of drug-likeness (QED) is 0.935. The minimum Gasteiger partial charge on any atom is -0.370 e. The van der Waals surface area contributed by atoms with Gasteiger partial charge in [0, 0.05) is 23.4 Å². The number of benzene rings is 1. The highest BCUT2D eigenvalue weighted by Crippen LogP contribution is 2.28. The lowest BCUT2D eigenvalue weighted by molar-refractivity contribution is 0.509. The maximum Gasteiger partial charge on any atom is 0.161 e. The minimum absolute atomic E-state index is 0.450. The highest BCUT2D eigenvalue weighted by molar-refractivity contribution is 5.60. The van der Waals surface area contributed by atoms with Crippen LogP contribution in [0.5, 0.6) is 0 Å². The van der Waals surface area contributed by atoms with Gasteiger partial charge in [0.05, 0.1) is 0 Å². The SMILES string of the molecule is CCNc1nc(-c2ccc(F)c(F)c2)nc2c1CCCC2. The molecule has 0 saturated heterocycles. The molecule has 0 aliphatic heterocycles. The summed E-state index contributed by atoms with van der Waals surface area (Å²) in [6, 6.07) is 3.77. The van der Waals surface area contributed by atoms with E-state index in [1.807, 2.05) is 6.92 Å². The van der Waals surface area contributed by atoms with Crippen LogP contribution in [0.3, 0.4) is 0 Å². The molecule has 0 atom stereocenters. The van der Waals surface area contributed by atoms with Crippen LogP contribution in [-0.4, -0.2) is 16.5 Å². The Labute approximate surface area is 122 Å². The van der Waals surface area contributed by atoms with E-state index in [4.69, 9.17) is 0 Å². The van der Waals surface area contributed by atoms with E-state index >= 15 is 0 Å². The third-order valence-electron chi connectivity index (χ3n) is 3.71. The Morgan fingerprint density at radius 2 is 1.90 bits per heavy atom. The van der Waals surface area contributed by atoms with Gasteiger partial charge in [-0.1, -0.05) is 0 Å². The molecule has 3 nitrogen and oxygen atoms in total. The van der Waals surface area contributed by atoms with E-state index in [-0.39, 0.29) is 0 Å². The molecule has 1 N–H and O–H groups in total. The third kappa shape index (κ3) is 2.73. The van der Waals surface area contributed by atoms with E-state index in [9.17, 15) is 8.78 Å². The zero-order valence-corrected chi connectivity index (χ0v) is 11.9. The molecule has 5 heteroatoms. The van der Waals surface area contributed by atoms with Crippen LogP contribution in [0.25, 0.3) is 11.4 Å². The molecule has 110 valence electrons. The number of aromatic nitrogens is 2. The maximum atomic E-state index is 13.4. The number of anilines is 1. The average molecular weight is 289 g/mol. The van der Waals surface area contributed by atoms with Crippen LogP contribution in [0.2, 0.25) is 0 Å². The second kappa shape index (κ2) is 5.76. The van der Waals surface area contributed by atoms with Gasteiger partial charge in [-0.05, 0) is 50.8 Å². The summed E-state index contributed by atoms with van der Waals surface area (Å²) in [4.78, 5) is 9.06. The fourth-order valence-electron chi connectivity index (χ4n) is 2.67. The lowest BCUT2D eigenvalue weighted by Crippen LogP contribution is -2.13. The van der Waals surface area contributed by atoms with E-state index < -0.39 is 11.6 Å². The Hall–Kier alpha value is -2.04. The first kappa shape index (κ1) is 13.9. The van der Waals surface area contributed by atoms with Gasteiger partial charge in [0.25, 0.3) is 0 Å². The molecule has 1 aliphatic rings. The van der Waals surface area contributed by atoms with Crippen LogP contribution in [0.4, 0.5) is 14.6 Å². The van der Waals surface area contributed by atoms with Gasteiger partial charge in [0.1, 0.15) is 5.82 Å². The van der Waals surface area contributed by atoms with E-state index in [2.05, 4.69) is 15.3 Å². The molecule has 0 fully saturated rings. The molecular weight excluding hydrogens is 272 g/mol. The van der Waals surface area contributed by atoms with Crippen LogP contribution < -0.4 is 5.32 Å². The maximum absolute atomic E-state index is 13.4. The number of hydrogen-bond acceptors (Lipinski definition) is 3. The van der Waals surface area contributed by atoms with Gasteiger partial charge in [-0.15, -0.1) is 0 Å². The van der Waals surface area contributed by atoms with Gasteiger partial charge in [-0.3, -0.25) is 0 Å². The second-order valence-electron chi connectivity index (χ2n) is 5.19. The molecule has 1 aromatic heterocycles. The van der Waals surface area contributed by atoms with E-state index in [0.29, 0.717) is 11.4 Å². The molecule has 2 aromatic rings. The fourth-order valence-corrected chi connectivity index (χ4v) is 2.67. The predicted molar refractivity (Wildman–Crippen MR) is 78.2 cm³/mol. The van der Waals surface area contributed by atoms with Gasteiger partial charge in [0.2, 0.25) is 0 Å². The monoisotopic (exact) mass is 289 g/mol. The van der Waals surface area contributed by atoms with E-state index in [1.165, 1.54) is 6.07 Å². The Morgan fingerprint density at radius 1 is 1.10 bits per heavy atom. The Morgan fingerprint density at radius 3 is 2.67 bits per heavy atom. The number of hydrogen-bond donors (Lipinski definition) is 1. The normalized spacial score (nSPS) is 13.9. The molecule has 1 aromatic carbocycles. The van der Waals surface area contributed by atoms with Crippen molar-refractivity contribution in [1.82, 2.24) is 9.97 Å². The summed E-state index contributed by atoms with van der Waals surface area (Å²) in [6.07, 6.45) is 4.12. The van der Waals surface area contributed by atoms with Crippen molar-refractivity contribution >= 4 is 5.82 Å². The predicted octanol–water partition coefficient (Wildman–Crippen LogP) is 3.73. The molecule has 1 aliphatic carbocycles. The average Bonchev–Trinajstić information content (AvgIpc) is 2.50. The third-order valence-corrected chi connectivity index (χ3v) is 3.71. The summed E-state index contributed by atoms with van der Waals surface area (Å²) in [5, 5.41) is 3.25. The zero-order valence-electron chi connectivity index (χ0n) is 11.9. The summed E-state index contributed by atoms with van der Waals surface area (Å²) in [6.45, 7) is 2.77. The van der Waals surface area contributed by atoms with Crippen molar-refractivity contribution in [2.75, 3.05) is 11.9 Å². The van der Waals surface area contributed by atoms with E-state index in [1.54, 1.807) is 0 Å². The summed E-state index contributed by atoms with van der Waals surface area (Å²) >= 11 is 0. The standard InChI is InChI=1S/C16H17F2N3/c1-2-19-16-11-5-3-4-6-14(11)20-15(21-16)10-7-8-12(17)13(18)9-10/h7-9H,2-6H2,1H3,(H,19,20,21). The fraction of sp³-hybridized carbons (Fsp3) is 0.375. The van der Waals surface area contributed by atoms with Crippen molar-refractivity contribution in [3.8, 4) is 11.4 Å². The van der Waals surface area contributed by atoms with Crippen LogP contribution in [0, 0.1) is 11.6 Å². The highest BCUT2D eigenvalue weighted by atomic mass is 19.2. The molecular formula is C16H17F2N3. The van der Waals surface area contributed by atoms with Crippen molar-refractivity contribution < 1.29 is 8.78 Å². The number of nitrogens with one attached hydrogen (secondary N) is 1.